The Bertz CT molecular complexity index is 863. The van der Waals surface area contributed by atoms with Crippen LogP contribution in [0.3, 0.4) is 0 Å². The van der Waals surface area contributed by atoms with Gasteiger partial charge in [-0.3, -0.25) is 9.59 Å². The first-order valence-electron chi connectivity index (χ1n) is 10.2. The third-order valence-electron chi connectivity index (χ3n) is 5.05. The number of rotatable bonds is 8. The highest BCUT2D eigenvalue weighted by atomic mass is 32.1. The highest BCUT2D eigenvalue weighted by Crippen LogP contribution is 2.21. The maximum atomic E-state index is 12.7. The van der Waals surface area contributed by atoms with Crippen LogP contribution in [0.5, 0.6) is 5.75 Å². The summed E-state index contributed by atoms with van der Waals surface area (Å²) in [6, 6.07) is 5.86. The lowest BCUT2D eigenvalue weighted by Gasteiger charge is -2.32. The van der Waals surface area contributed by atoms with E-state index in [2.05, 4.69) is 21.7 Å². The van der Waals surface area contributed by atoms with Gasteiger partial charge in [0.05, 0.1) is 0 Å². The predicted octanol–water partition coefficient (Wildman–Crippen LogP) is 3.14. The molecule has 8 heteroatoms. The molecule has 1 aromatic heterocycles. The van der Waals surface area contributed by atoms with Crippen molar-refractivity contribution >= 4 is 23.2 Å². The summed E-state index contributed by atoms with van der Waals surface area (Å²) in [7, 11) is 1.49. The van der Waals surface area contributed by atoms with E-state index in [0.29, 0.717) is 12.3 Å². The molecule has 2 atom stereocenters. The summed E-state index contributed by atoms with van der Waals surface area (Å²) < 4.78 is 10.7. The normalized spacial score (nSPS) is 18.6. The zero-order chi connectivity index (χ0) is 21.5. The summed E-state index contributed by atoms with van der Waals surface area (Å²) in [5.41, 5.74) is 2.67. The van der Waals surface area contributed by atoms with Crippen LogP contribution < -0.4 is 15.4 Å². The molecule has 3 rings (SSSR count). The maximum Gasteiger partial charge on any atom is 0.271 e. The molecular formula is C22H29N3O4S. The van der Waals surface area contributed by atoms with Crippen LogP contribution in [0, 0.1) is 13.8 Å². The van der Waals surface area contributed by atoms with Crippen molar-refractivity contribution in [2.24, 2.45) is 0 Å². The zero-order valence-corrected chi connectivity index (χ0v) is 18.5. The average molecular weight is 432 g/mol. The second-order valence-electron chi connectivity index (χ2n) is 7.71. The number of benzene rings is 1. The molecule has 1 aliphatic rings. The van der Waals surface area contributed by atoms with Gasteiger partial charge in [-0.05, 0) is 49.9 Å². The van der Waals surface area contributed by atoms with Crippen molar-refractivity contribution < 1.29 is 19.1 Å². The molecule has 1 heterocycles. The van der Waals surface area contributed by atoms with E-state index in [1.165, 1.54) is 18.4 Å². The minimum atomic E-state index is -0.221. The molecule has 2 amide bonds. The van der Waals surface area contributed by atoms with E-state index in [4.69, 9.17) is 9.47 Å². The van der Waals surface area contributed by atoms with E-state index < -0.39 is 0 Å². The van der Waals surface area contributed by atoms with Gasteiger partial charge in [-0.15, -0.1) is 11.3 Å². The van der Waals surface area contributed by atoms with Crippen molar-refractivity contribution in [2.75, 3.05) is 13.7 Å². The number of nitrogens with one attached hydrogen (secondary N) is 2. The molecule has 162 valence electrons. The Morgan fingerprint density at radius 2 is 1.77 bits per heavy atom. The summed E-state index contributed by atoms with van der Waals surface area (Å²) in [4.78, 5) is 29.0. The largest absolute Gasteiger partial charge is 0.486 e. The molecule has 30 heavy (non-hydrogen) atoms. The van der Waals surface area contributed by atoms with Gasteiger partial charge in [0.15, 0.2) is 0 Å². The Morgan fingerprint density at radius 1 is 1.10 bits per heavy atom. The quantitative estimate of drug-likeness (QED) is 0.670. The topological polar surface area (TPSA) is 89.6 Å². The Hall–Kier alpha value is -2.45. The highest BCUT2D eigenvalue weighted by Gasteiger charge is 2.28. The molecule has 2 N–H and O–H groups in total. The third-order valence-corrected chi connectivity index (χ3v) is 5.87. The number of methoxy groups -OCH3 is 1. The molecule has 1 aromatic carbocycles. The summed E-state index contributed by atoms with van der Waals surface area (Å²) >= 11 is 1.40. The van der Waals surface area contributed by atoms with Crippen LogP contribution in [0.1, 0.15) is 52.3 Å². The zero-order valence-electron chi connectivity index (χ0n) is 17.7. The lowest BCUT2D eigenvalue weighted by molar-refractivity contribution is -0.125. The number of aryl methyl sites for hydroxylation is 2. The highest BCUT2D eigenvalue weighted by molar-refractivity contribution is 7.09. The van der Waals surface area contributed by atoms with E-state index in [0.717, 1.165) is 47.6 Å². The average Bonchev–Trinajstić information content (AvgIpc) is 3.17. The lowest BCUT2D eigenvalue weighted by atomic mass is 9.90. The van der Waals surface area contributed by atoms with Gasteiger partial charge in [-0.25, -0.2) is 4.98 Å². The minimum absolute atomic E-state index is 0.0209. The van der Waals surface area contributed by atoms with Gasteiger partial charge in [-0.2, -0.15) is 0 Å². The number of aromatic nitrogens is 1. The summed E-state index contributed by atoms with van der Waals surface area (Å²) in [5, 5.41) is 8.50. The molecule has 1 fully saturated rings. The standard InChI is InChI=1S/C22H29N3O4S/c1-14-8-15(2)10-16(9-14)29-12-21-24-19(13-30-21)22(27)25-18-7-5-4-6-17(18)23-20(26)11-28-3/h8-10,13,17-18H,4-7,11-12H2,1-3H3,(H,23,26)(H,25,27)/t17-,18-/m0/s1. The minimum Gasteiger partial charge on any atom is -0.486 e. The van der Waals surface area contributed by atoms with Gasteiger partial charge in [0.25, 0.3) is 5.91 Å². The third kappa shape index (κ3) is 6.27. The van der Waals surface area contributed by atoms with Gasteiger partial charge in [0, 0.05) is 24.6 Å². The van der Waals surface area contributed by atoms with Gasteiger partial charge in [0.1, 0.15) is 29.7 Å². The van der Waals surface area contributed by atoms with Crippen LogP contribution in [0.25, 0.3) is 0 Å². The first-order valence-corrected chi connectivity index (χ1v) is 11.1. The number of thiazole rings is 1. The van der Waals surface area contributed by atoms with Crippen LogP contribution in [0.15, 0.2) is 23.6 Å². The molecule has 2 aromatic rings. The lowest BCUT2D eigenvalue weighted by Crippen LogP contribution is -2.53. The molecule has 0 spiro atoms. The number of hydrogen-bond donors (Lipinski definition) is 2. The van der Waals surface area contributed by atoms with Crippen LogP contribution in [0.2, 0.25) is 0 Å². The second-order valence-corrected chi connectivity index (χ2v) is 8.65. The van der Waals surface area contributed by atoms with Crippen LogP contribution in [-0.4, -0.2) is 42.6 Å². The Balaban J connectivity index is 1.56. The monoisotopic (exact) mass is 431 g/mol. The summed E-state index contributed by atoms with van der Waals surface area (Å²) in [5.74, 6) is 0.412. The van der Waals surface area contributed by atoms with E-state index >= 15 is 0 Å². The fourth-order valence-electron chi connectivity index (χ4n) is 3.74. The van der Waals surface area contributed by atoms with Gasteiger partial charge < -0.3 is 20.1 Å². The van der Waals surface area contributed by atoms with E-state index in [-0.39, 0.29) is 30.5 Å². The van der Waals surface area contributed by atoms with Crippen LogP contribution in [-0.2, 0) is 16.1 Å². The Kier molecular flexibility index (Phi) is 7.81. The molecule has 0 aliphatic heterocycles. The molecule has 0 unspecified atom stereocenters. The molecule has 1 saturated carbocycles. The number of hydrogen-bond acceptors (Lipinski definition) is 6. The van der Waals surface area contributed by atoms with Gasteiger partial charge >= 0.3 is 0 Å². The number of carbonyl (C=O) groups excluding carboxylic acids is 2. The van der Waals surface area contributed by atoms with Crippen molar-refractivity contribution in [1.82, 2.24) is 15.6 Å². The summed E-state index contributed by atoms with van der Waals surface area (Å²) in [6.07, 6.45) is 3.72. The van der Waals surface area contributed by atoms with Crippen LogP contribution >= 0.6 is 11.3 Å². The van der Waals surface area contributed by atoms with Crippen molar-refractivity contribution in [3.8, 4) is 5.75 Å². The van der Waals surface area contributed by atoms with Gasteiger partial charge in [0.2, 0.25) is 5.91 Å². The van der Waals surface area contributed by atoms with Crippen molar-refractivity contribution in [2.45, 2.75) is 58.2 Å². The molecule has 0 radical (unpaired) electrons. The van der Waals surface area contributed by atoms with E-state index in [1.807, 2.05) is 26.0 Å². The SMILES string of the molecule is COCC(=O)N[C@H]1CCCC[C@@H]1NC(=O)c1csc(COc2cc(C)cc(C)c2)n1. The molecule has 1 aliphatic carbocycles. The number of amides is 2. The second kappa shape index (κ2) is 10.5. The predicted molar refractivity (Wildman–Crippen MR) is 116 cm³/mol. The molecule has 7 nitrogen and oxygen atoms in total. The molecular weight excluding hydrogens is 402 g/mol. The Labute approximate surface area is 181 Å². The smallest absolute Gasteiger partial charge is 0.271 e. The molecule has 0 saturated heterocycles. The van der Waals surface area contributed by atoms with E-state index in [1.54, 1.807) is 5.38 Å². The first kappa shape index (κ1) is 22.2. The summed E-state index contributed by atoms with van der Waals surface area (Å²) in [6.45, 7) is 4.40. The Morgan fingerprint density at radius 3 is 2.43 bits per heavy atom. The fourth-order valence-corrected chi connectivity index (χ4v) is 4.43. The maximum absolute atomic E-state index is 12.7. The van der Waals surface area contributed by atoms with Gasteiger partial charge in [-0.1, -0.05) is 18.9 Å². The number of nitrogens with zero attached hydrogens (tertiary/aromatic N) is 1. The number of carbonyl (C=O) groups is 2. The molecule has 0 bridgehead atoms. The van der Waals surface area contributed by atoms with E-state index in [9.17, 15) is 9.59 Å². The van der Waals surface area contributed by atoms with Crippen molar-refractivity contribution in [3.05, 3.63) is 45.4 Å². The first-order chi connectivity index (χ1) is 14.4. The van der Waals surface area contributed by atoms with Crippen molar-refractivity contribution in [1.29, 1.82) is 0 Å². The number of ether oxygens (including phenoxy) is 2. The fraction of sp³-hybridized carbons (Fsp3) is 0.500. The van der Waals surface area contributed by atoms with Crippen LogP contribution in [0.4, 0.5) is 0 Å². The van der Waals surface area contributed by atoms with Crippen molar-refractivity contribution in [3.63, 3.8) is 0 Å².